The van der Waals surface area contributed by atoms with Gasteiger partial charge in [-0.2, -0.15) is 0 Å². The van der Waals surface area contributed by atoms with Crippen LogP contribution >= 0.6 is 0 Å². The molecule has 1 fully saturated rings. The van der Waals surface area contributed by atoms with E-state index in [2.05, 4.69) is 34.6 Å². The SMILES string of the molecule is CC(C)OCCC1CC(C(C)(C)C)CCC1O. The van der Waals surface area contributed by atoms with E-state index in [1.807, 2.05) is 0 Å². The first-order chi connectivity index (χ1) is 7.80. The Hall–Kier alpha value is -0.0800. The van der Waals surface area contributed by atoms with E-state index in [9.17, 15) is 5.11 Å². The summed E-state index contributed by atoms with van der Waals surface area (Å²) in [6.45, 7) is 11.9. The Bertz CT molecular complexity index is 217. The highest BCUT2D eigenvalue weighted by Gasteiger charge is 2.34. The molecular formula is C15H30O2. The van der Waals surface area contributed by atoms with Crippen molar-refractivity contribution in [1.29, 1.82) is 0 Å². The third-order valence-electron chi connectivity index (χ3n) is 4.11. The Morgan fingerprint density at radius 2 is 1.88 bits per heavy atom. The average Bonchev–Trinajstić information content (AvgIpc) is 2.18. The highest BCUT2D eigenvalue weighted by atomic mass is 16.5. The molecule has 1 rings (SSSR count). The van der Waals surface area contributed by atoms with Crippen molar-refractivity contribution >= 4 is 0 Å². The summed E-state index contributed by atoms with van der Waals surface area (Å²) in [4.78, 5) is 0. The summed E-state index contributed by atoms with van der Waals surface area (Å²) in [7, 11) is 0. The molecule has 0 saturated heterocycles. The fourth-order valence-corrected chi connectivity index (χ4v) is 2.80. The molecule has 3 unspecified atom stereocenters. The minimum Gasteiger partial charge on any atom is -0.393 e. The summed E-state index contributed by atoms with van der Waals surface area (Å²) in [6, 6.07) is 0. The Labute approximate surface area is 107 Å². The monoisotopic (exact) mass is 242 g/mol. The third kappa shape index (κ3) is 4.97. The van der Waals surface area contributed by atoms with Gasteiger partial charge in [0.15, 0.2) is 0 Å². The maximum absolute atomic E-state index is 10.1. The maximum atomic E-state index is 10.1. The van der Waals surface area contributed by atoms with Crippen molar-refractivity contribution in [3.63, 3.8) is 0 Å². The van der Waals surface area contributed by atoms with Crippen LogP contribution in [0.5, 0.6) is 0 Å². The average molecular weight is 242 g/mol. The van der Waals surface area contributed by atoms with Gasteiger partial charge in [0.25, 0.3) is 0 Å². The van der Waals surface area contributed by atoms with E-state index in [1.54, 1.807) is 0 Å². The molecule has 1 aliphatic carbocycles. The molecule has 0 amide bonds. The van der Waals surface area contributed by atoms with Crippen LogP contribution in [0.4, 0.5) is 0 Å². The first-order valence-corrected chi connectivity index (χ1v) is 7.10. The van der Waals surface area contributed by atoms with E-state index < -0.39 is 0 Å². The predicted molar refractivity (Wildman–Crippen MR) is 72.0 cm³/mol. The quantitative estimate of drug-likeness (QED) is 0.816. The van der Waals surface area contributed by atoms with E-state index in [4.69, 9.17) is 4.74 Å². The lowest BCUT2D eigenvalue weighted by molar-refractivity contribution is -0.00668. The van der Waals surface area contributed by atoms with Crippen molar-refractivity contribution in [1.82, 2.24) is 0 Å². The summed E-state index contributed by atoms with van der Waals surface area (Å²) in [5.41, 5.74) is 0.372. The van der Waals surface area contributed by atoms with Crippen molar-refractivity contribution in [2.75, 3.05) is 6.61 Å². The molecule has 0 aromatic rings. The summed E-state index contributed by atoms with van der Waals surface area (Å²) < 4.78 is 5.60. The minimum absolute atomic E-state index is 0.107. The van der Waals surface area contributed by atoms with Crippen LogP contribution in [0.2, 0.25) is 0 Å². The lowest BCUT2D eigenvalue weighted by Crippen LogP contribution is -2.35. The van der Waals surface area contributed by atoms with Crippen LogP contribution in [0.25, 0.3) is 0 Å². The summed E-state index contributed by atoms with van der Waals surface area (Å²) in [6.07, 6.45) is 4.50. The Kier molecular flexibility index (Phi) is 5.46. The van der Waals surface area contributed by atoms with Crippen LogP contribution < -0.4 is 0 Å². The van der Waals surface area contributed by atoms with E-state index >= 15 is 0 Å². The van der Waals surface area contributed by atoms with Crippen LogP contribution in [0.1, 0.15) is 60.3 Å². The highest BCUT2D eigenvalue weighted by Crippen LogP contribution is 2.41. The lowest BCUT2D eigenvalue weighted by atomic mass is 9.67. The molecule has 1 saturated carbocycles. The summed E-state index contributed by atoms with van der Waals surface area (Å²) in [5, 5.41) is 10.1. The predicted octanol–water partition coefficient (Wildman–Crippen LogP) is 3.62. The van der Waals surface area contributed by atoms with E-state index in [0.29, 0.717) is 17.4 Å². The normalized spacial score (nSPS) is 30.9. The molecule has 0 heterocycles. The Balaban J connectivity index is 2.41. The topological polar surface area (TPSA) is 29.5 Å². The Morgan fingerprint density at radius 3 is 2.41 bits per heavy atom. The van der Waals surface area contributed by atoms with Gasteiger partial charge in [0.2, 0.25) is 0 Å². The second-order valence-electron chi connectivity index (χ2n) is 6.91. The molecule has 17 heavy (non-hydrogen) atoms. The van der Waals surface area contributed by atoms with Gasteiger partial charge >= 0.3 is 0 Å². The molecule has 1 N–H and O–H groups in total. The molecular weight excluding hydrogens is 212 g/mol. The van der Waals surface area contributed by atoms with Gasteiger partial charge in [-0.05, 0) is 56.8 Å². The minimum atomic E-state index is -0.107. The molecule has 0 bridgehead atoms. The largest absolute Gasteiger partial charge is 0.393 e. The molecule has 2 heteroatoms. The standard InChI is InChI=1S/C15H30O2/c1-11(2)17-9-8-12-10-13(15(3,4)5)6-7-14(12)16/h11-14,16H,6-10H2,1-5H3. The number of aliphatic hydroxyl groups excluding tert-OH is 1. The van der Waals surface area contributed by atoms with E-state index in [0.717, 1.165) is 31.8 Å². The van der Waals surface area contributed by atoms with Crippen LogP contribution in [-0.4, -0.2) is 23.9 Å². The fourth-order valence-electron chi connectivity index (χ4n) is 2.80. The molecule has 0 aromatic carbocycles. The molecule has 2 nitrogen and oxygen atoms in total. The smallest absolute Gasteiger partial charge is 0.0569 e. The molecule has 102 valence electrons. The second-order valence-corrected chi connectivity index (χ2v) is 6.91. The van der Waals surface area contributed by atoms with Crippen molar-refractivity contribution in [3.8, 4) is 0 Å². The number of hydrogen-bond donors (Lipinski definition) is 1. The molecule has 0 spiro atoms. The van der Waals surface area contributed by atoms with Crippen LogP contribution in [-0.2, 0) is 4.74 Å². The number of ether oxygens (including phenoxy) is 1. The summed E-state index contributed by atoms with van der Waals surface area (Å²) >= 11 is 0. The highest BCUT2D eigenvalue weighted by molar-refractivity contribution is 4.85. The molecule has 1 aliphatic rings. The molecule has 0 radical (unpaired) electrons. The second kappa shape index (κ2) is 6.19. The zero-order valence-electron chi connectivity index (χ0n) is 12.2. The first kappa shape index (κ1) is 15.0. The number of hydrogen-bond acceptors (Lipinski definition) is 2. The molecule has 0 aromatic heterocycles. The van der Waals surface area contributed by atoms with Gasteiger partial charge in [0, 0.05) is 6.61 Å². The Morgan fingerprint density at radius 1 is 1.24 bits per heavy atom. The first-order valence-electron chi connectivity index (χ1n) is 7.10. The fraction of sp³-hybridized carbons (Fsp3) is 1.00. The van der Waals surface area contributed by atoms with Gasteiger partial charge in [0.05, 0.1) is 12.2 Å². The van der Waals surface area contributed by atoms with Crippen molar-refractivity contribution in [2.24, 2.45) is 17.3 Å². The number of rotatable bonds is 4. The molecule has 3 atom stereocenters. The number of aliphatic hydroxyl groups is 1. The molecule has 0 aliphatic heterocycles. The van der Waals surface area contributed by atoms with Gasteiger partial charge < -0.3 is 9.84 Å². The van der Waals surface area contributed by atoms with Crippen LogP contribution in [0.15, 0.2) is 0 Å². The van der Waals surface area contributed by atoms with Gasteiger partial charge in [0.1, 0.15) is 0 Å². The van der Waals surface area contributed by atoms with Crippen molar-refractivity contribution < 1.29 is 9.84 Å². The van der Waals surface area contributed by atoms with Gasteiger partial charge in [-0.1, -0.05) is 20.8 Å². The van der Waals surface area contributed by atoms with Crippen molar-refractivity contribution in [3.05, 3.63) is 0 Å². The van der Waals surface area contributed by atoms with Gasteiger partial charge in [-0.3, -0.25) is 0 Å². The van der Waals surface area contributed by atoms with E-state index in [-0.39, 0.29) is 6.10 Å². The summed E-state index contributed by atoms with van der Waals surface area (Å²) in [5.74, 6) is 1.18. The zero-order valence-corrected chi connectivity index (χ0v) is 12.2. The maximum Gasteiger partial charge on any atom is 0.0569 e. The zero-order chi connectivity index (χ0) is 13.1. The van der Waals surface area contributed by atoms with Gasteiger partial charge in [-0.25, -0.2) is 0 Å². The lowest BCUT2D eigenvalue weighted by Gasteiger charge is -2.40. The van der Waals surface area contributed by atoms with Gasteiger partial charge in [-0.15, -0.1) is 0 Å². The third-order valence-corrected chi connectivity index (χ3v) is 4.11. The van der Waals surface area contributed by atoms with Crippen LogP contribution in [0, 0.1) is 17.3 Å². The van der Waals surface area contributed by atoms with E-state index in [1.165, 1.54) is 6.42 Å². The van der Waals surface area contributed by atoms with Crippen molar-refractivity contribution in [2.45, 2.75) is 72.5 Å². The van der Waals surface area contributed by atoms with Crippen LogP contribution in [0.3, 0.4) is 0 Å².